The molecule has 16 heavy (non-hydrogen) atoms. The molecular formula is C11H15BrN2O2. The molecule has 0 bridgehead atoms. The molecule has 2 rings (SSSR count). The number of carbonyl (C=O) groups is 1. The third kappa shape index (κ3) is 1.88. The van der Waals surface area contributed by atoms with E-state index in [0.29, 0.717) is 5.92 Å². The van der Waals surface area contributed by atoms with Gasteiger partial charge >= 0.3 is 5.97 Å². The van der Waals surface area contributed by atoms with E-state index in [1.165, 1.54) is 7.11 Å². The van der Waals surface area contributed by atoms with Crippen molar-refractivity contribution in [1.29, 1.82) is 0 Å². The highest BCUT2D eigenvalue weighted by Crippen LogP contribution is 2.41. The van der Waals surface area contributed by atoms with Gasteiger partial charge in [0.15, 0.2) is 6.04 Å². The second kappa shape index (κ2) is 4.20. The molecule has 1 aromatic heterocycles. The maximum absolute atomic E-state index is 11.8. The Morgan fingerprint density at radius 2 is 2.19 bits per heavy atom. The van der Waals surface area contributed by atoms with Crippen LogP contribution in [0.2, 0.25) is 0 Å². The average molecular weight is 287 g/mol. The van der Waals surface area contributed by atoms with Crippen LogP contribution in [0.5, 0.6) is 0 Å². The number of aryl methyl sites for hydroxylation is 1. The smallest absolute Gasteiger partial charge is 0.330 e. The first-order valence-electron chi connectivity index (χ1n) is 5.35. The molecule has 1 unspecified atom stereocenters. The van der Waals surface area contributed by atoms with Gasteiger partial charge in [0.1, 0.15) is 0 Å². The number of methoxy groups -OCH3 is 1. The summed E-state index contributed by atoms with van der Waals surface area (Å²) in [5.41, 5.74) is 1.90. The maximum Gasteiger partial charge on any atom is 0.330 e. The van der Waals surface area contributed by atoms with Crippen molar-refractivity contribution in [3.05, 3.63) is 15.9 Å². The summed E-state index contributed by atoms with van der Waals surface area (Å²) in [5, 5.41) is 4.41. The monoisotopic (exact) mass is 286 g/mol. The second-order valence-corrected chi connectivity index (χ2v) is 5.03. The average Bonchev–Trinajstić information content (AvgIpc) is 3.05. The number of esters is 1. The number of halogens is 1. The molecule has 1 heterocycles. The number of ether oxygens (including phenoxy) is 1. The summed E-state index contributed by atoms with van der Waals surface area (Å²) in [7, 11) is 1.43. The molecule has 1 aliphatic rings. The summed E-state index contributed by atoms with van der Waals surface area (Å²) in [6.07, 6.45) is 2.16. The van der Waals surface area contributed by atoms with Crippen LogP contribution in [0.4, 0.5) is 0 Å². The fourth-order valence-electron chi connectivity index (χ4n) is 1.94. The molecule has 0 spiro atoms. The quantitative estimate of drug-likeness (QED) is 0.802. The number of carbonyl (C=O) groups excluding carboxylic acids is 1. The van der Waals surface area contributed by atoms with Gasteiger partial charge in [-0.1, -0.05) is 0 Å². The largest absolute Gasteiger partial charge is 0.467 e. The van der Waals surface area contributed by atoms with Gasteiger partial charge in [0.25, 0.3) is 0 Å². The first-order chi connectivity index (χ1) is 7.56. The topological polar surface area (TPSA) is 44.1 Å². The Bertz CT molecular complexity index is 424. The minimum Gasteiger partial charge on any atom is -0.467 e. The van der Waals surface area contributed by atoms with E-state index in [9.17, 15) is 4.79 Å². The summed E-state index contributed by atoms with van der Waals surface area (Å²) in [5.74, 6) is 0.193. The van der Waals surface area contributed by atoms with E-state index in [-0.39, 0.29) is 12.0 Å². The molecule has 1 aromatic rings. The van der Waals surface area contributed by atoms with E-state index in [0.717, 1.165) is 28.7 Å². The molecule has 5 heteroatoms. The minimum atomic E-state index is -0.255. The molecule has 88 valence electrons. The molecule has 0 saturated heterocycles. The maximum atomic E-state index is 11.8. The van der Waals surface area contributed by atoms with Crippen LogP contribution in [0.1, 0.15) is 30.3 Å². The Kier molecular flexibility index (Phi) is 3.06. The number of aromatic nitrogens is 2. The van der Waals surface area contributed by atoms with Crippen LogP contribution in [0.25, 0.3) is 0 Å². The third-order valence-corrected chi connectivity index (χ3v) is 4.16. The standard InChI is InChI=1S/C11H15BrN2O2/c1-6-9(12)7(2)14(13-6)10(8-4-5-8)11(15)16-3/h8,10H,4-5H2,1-3H3. The fourth-order valence-corrected chi connectivity index (χ4v) is 2.20. The fraction of sp³-hybridized carbons (Fsp3) is 0.636. The van der Waals surface area contributed by atoms with Crippen LogP contribution in [-0.2, 0) is 9.53 Å². The third-order valence-electron chi connectivity index (χ3n) is 3.01. The van der Waals surface area contributed by atoms with Crippen LogP contribution < -0.4 is 0 Å². The van der Waals surface area contributed by atoms with Gasteiger partial charge in [0.05, 0.1) is 23.0 Å². The molecule has 1 fully saturated rings. The molecule has 1 saturated carbocycles. The first-order valence-corrected chi connectivity index (χ1v) is 6.14. The molecule has 0 aromatic carbocycles. The van der Waals surface area contributed by atoms with E-state index in [1.807, 2.05) is 13.8 Å². The normalized spacial score (nSPS) is 17.2. The van der Waals surface area contributed by atoms with Gasteiger partial charge < -0.3 is 4.74 Å². The lowest BCUT2D eigenvalue weighted by Gasteiger charge is -2.16. The zero-order chi connectivity index (χ0) is 11.9. The van der Waals surface area contributed by atoms with Crippen LogP contribution >= 0.6 is 15.9 Å². The number of nitrogens with zero attached hydrogens (tertiary/aromatic N) is 2. The highest BCUT2D eigenvalue weighted by molar-refractivity contribution is 9.10. The van der Waals surface area contributed by atoms with E-state index in [2.05, 4.69) is 21.0 Å². The molecule has 0 radical (unpaired) electrons. The Labute approximate surface area is 103 Å². The van der Waals surface area contributed by atoms with Gasteiger partial charge in [-0.05, 0) is 48.5 Å². The van der Waals surface area contributed by atoms with Crippen molar-refractivity contribution < 1.29 is 9.53 Å². The van der Waals surface area contributed by atoms with Crippen molar-refractivity contribution in [2.75, 3.05) is 7.11 Å². The molecule has 0 amide bonds. The first kappa shape index (κ1) is 11.6. The van der Waals surface area contributed by atoms with Crippen molar-refractivity contribution in [3.8, 4) is 0 Å². The molecule has 4 nitrogen and oxygen atoms in total. The second-order valence-electron chi connectivity index (χ2n) is 4.23. The van der Waals surface area contributed by atoms with Crippen molar-refractivity contribution in [2.24, 2.45) is 5.92 Å². The van der Waals surface area contributed by atoms with Gasteiger partial charge in [-0.25, -0.2) is 4.79 Å². The molecular weight excluding hydrogens is 272 g/mol. The molecule has 0 aliphatic heterocycles. The Morgan fingerprint density at radius 1 is 1.56 bits per heavy atom. The summed E-state index contributed by atoms with van der Waals surface area (Å²) < 4.78 is 7.63. The van der Waals surface area contributed by atoms with Gasteiger partial charge in [-0.3, -0.25) is 4.68 Å². The Hall–Kier alpha value is -0.840. The summed E-state index contributed by atoms with van der Waals surface area (Å²) in [6, 6.07) is -0.255. The van der Waals surface area contributed by atoms with Crippen LogP contribution in [0.3, 0.4) is 0 Å². The van der Waals surface area contributed by atoms with Crippen molar-refractivity contribution >= 4 is 21.9 Å². The Balaban J connectivity index is 2.38. The Morgan fingerprint density at radius 3 is 2.56 bits per heavy atom. The summed E-state index contributed by atoms with van der Waals surface area (Å²) in [6.45, 7) is 3.89. The van der Waals surface area contributed by atoms with E-state index >= 15 is 0 Å². The lowest BCUT2D eigenvalue weighted by Crippen LogP contribution is -2.24. The zero-order valence-corrected chi connectivity index (χ0v) is 11.2. The van der Waals surface area contributed by atoms with Gasteiger partial charge in [-0.15, -0.1) is 0 Å². The minimum absolute atomic E-state index is 0.194. The highest BCUT2D eigenvalue weighted by atomic mass is 79.9. The van der Waals surface area contributed by atoms with Crippen LogP contribution in [-0.4, -0.2) is 22.9 Å². The molecule has 1 aliphatic carbocycles. The summed E-state index contributed by atoms with van der Waals surface area (Å²) in [4.78, 5) is 11.8. The zero-order valence-electron chi connectivity index (χ0n) is 9.66. The van der Waals surface area contributed by atoms with E-state index in [4.69, 9.17) is 4.74 Å². The van der Waals surface area contributed by atoms with Crippen molar-refractivity contribution in [1.82, 2.24) is 9.78 Å². The van der Waals surface area contributed by atoms with Crippen LogP contribution in [0.15, 0.2) is 4.47 Å². The van der Waals surface area contributed by atoms with E-state index < -0.39 is 0 Å². The molecule has 1 atom stereocenters. The van der Waals surface area contributed by atoms with Gasteiger partial charge in [-0.2, -0.15) is 5.10 Å². The van der Waals surface area contributed by atoms with Gasteiger partial charge in [0.2, 0.25) is 0 Å². The van der Waals surface area contributed by atoms with Gasteiger partial charge in [0, 0.05) is 0 Å². The molecule has 0 N–H and O–H groups in total. The predicted octanol–water partition coefficient (Wildman–Crippen LogP) is 2.39. The SMILES string of the molecule is COC(=O)C(C1CC1)n1nc(C)c(Br)c1C. The van der Waals surface area contributed by atoms with Crippen LogP contribution in [0, 0.1) is 19.8 Å². The number of hydrogen-bond acceptors (Lipinski definition) is 3. The number of rotatable bonds is 3. The van der Waals surface area contributed by atoms with Crippen molar-refractivity contribution in [2.45, 2.75) is 32.7 Å². The lowest BCUT2D eigenvalue weighted by atomic mass is 10.2. The van der Waals surface area contributed by atoms with E-state index in [1.54, 1.807) is 4.68 Å². The highest BCUT2D eigenvalue weighted by Gasteiger charge is 2.40. The van der Waals surface area contributed by atoms with Crippen molar-refractivity contribution in [3.63, 3.8) is 0 Å². The number of hydrogen-bond donors (Lipinski definition) is 0. The summed E-state index contributed by atoms with van der Waals surface area (Å²) >= 11 is 3.47. The lowest BCUT2D eigenvalue weighted by molar-refractivity contribution is -0.145. The predicted molar refractivity (Wildman–Crippen MR) is 63.2 cm³/mol.